The van der Waals surface area contributed by atoms with Crippen molar-refractivity contribution in [1.29, 1.82) is 0 Å². The number of nitrogen functional groups attached to an aromatic ring is 1. The van der Waals surface area contributed by atoms with Crippen LogP contribution in [0.2, 0.25) is 5.02 Å². The van der Waals surface area contributed by atoms with E-state index in [1.807, 2.05) is 36.6 Å². The van der Waals surface area contributed by atoms with E-state index in [1.165, 1.54) is 23.5 Å². The lowest BCUT2D eigenvalue weighted by atomic mass is 10.0. The lowest BCUT2D eigenvalue weighted by Gasteiger charge is -2.14. The molecule has 1 aromatic heterocycles. The van der Waals surface area contributed by atoms with Crippen LogP contribution in [0.5, 0.6) is 10.9 Å². The number of anilines is 2. The number of sulfonamides is 1. The summed E-state index contributed by atoms with van der Waals surface area (Å²) in [6, 6.07) is 16.9. The van der Waals surface area contributed by atoms with Crippen molar-refractivity contribution in [3.63, 3.8) is 0 Å². The molecule has 0 aliphatic carbocycles. The van der Waals surface area contributed by atoms with E-state index in [0.29, 0.717) is 21.6 Å². The molecule has 0 aliphatic heterocycles. The molecule has 1 heterocycles. The Hall–Kier alpha value is -3.07. The van der Waals surface area contributed by atoms with Crippen molar-refractivity contribution in [3.8, 4) is 22.2 Å². The Kier molecular flexibility index (Phi) is 6.84. The second-order valence-corrected chi connectivity index (χ2v) is 11.1. The monoisotopic (exact) mass is 513 g/mol. The van der Waals surface area contributed by atoms with Gasteiger partial charge in [-0.05, 0) is 72.5 Å². The Morgan fingerprint density at radius 3 is 2.38 bits per heavy atom. The van der Waals surface area contributed by atoms with E-state index in [4.69, 9.17) is 22.1 Å². The average molecular weight is 514 g/mol. The Bertz CT molecular complexity index is 1420. The Morgan fingerprint density at radius 1 is 1.06 bits per heavy atom. The molecule has 176 valence electrons. The molecule has 0 radical (unpaired) electrons. The minimum atomic E-state index is -3.70. The summed E-state index contributed by atoms with van der Waals surface area (Å²) in [5.41, 5.74) is 10.1. The average Bonchev–Trinajstić information content (AvgIpc) is 3.25. The quantitative estimate of drug-likeness (QED) is 0.258. The smallest absolute Gasteiger partial charge is 0.279 e. The molecule has 6 nitrogen and oxygen atoms in total. The van der Waals surface area contributed by atoms with Gasteiger partial charge >= 0.3 is 0 Å². The highest BCUT2D eigenvalue weighted by Crippen LogP contribution is 2.37. The molecule has 3 aromatic carbocycles. The summed E-state index contributed by atoms with van der Waals surface area (Å²) in [6.07, 6.45) is 0. The third-order valence-electron chi connectivity index (χ3n) is 5.22. The summed E-state index contributed by atoms with van der Waals surface area (Å²) >= 11 is 7.69. The summed E-state index contributed by atoms with van der Waals surface area (Å²) in [5.74, 6) is 0.988. The summed E-state index contributed by atoms with van der Waals surface area (Å²) in [6.45, 7) is 6.12. The van der Waals surface area contributed by atoms with Crippen LogP contribution >= 0.6 is 22.9 Å². The lowest BCUT2D eigenvalue weighted by molar-refractivity contribution is 0.469. The maximum Gasteiger partial charge on any atom is 0.279 e. The zero-order valence-electron chi connectivity index (χ0n) is 18.9. The number of nitrogens with two attached hydrogens (primary N) is 1. The normalized spacial score (nSPS) is 11.6. The Labute approximate surface area is 208 Å². The van der Waals surface area contributed by atoms with Crippen LogP contribution in [0.3, 0.4) is 0 Å². The third-order valence-corrected chi connectivity index (χ3v) is 7.74. The highest BCUT2D eigenvalue weighted by molar-refractivity contribution is 7.92. The Balaban J connectivity index is 1.50. The standard InChI is InChI=1S/C25H24ClN3O3S2/c1-15(2)21-13-22(26)16(3)12-24(21)32-25-28-23(14-33-25)17-4-8-19(9-5-17)29-34(30,31)20-10-6-18(27)7-11-20/h4-15,29H,27H2,1-3H3. The fourth-order valence-electron chi connectivity index (χ4n) is 3.31. The van der Waals surface area contributed by atoms with Gasteiger partial charge in [-0.3, -0.25) is 4.72 Å². The van der Waals surface area contributed by atoms with Gasteiger partial charge in [0.1, 0.15) is 5.75 Å². The van der Waals surface area contributed by atoms with Crippen LogP contribution in [-0.2, 0) is 10.0 Å². The van der Waals surface area contributed by atoms with Gasteiger partial charge in [-0.1, -0.05) is 48.9 Å². The van der Waals surface area contributed by atoms with E-state index in [2.05, 4.69) is 23.6 Å². The van der Waals surface area contributed by atoms with Crippen LogP contribution in [-0.4, -0.2) is 13.4 Å². The van der Waals surface area contributed by atoms with E-state index in [-0.39, 0.29) is 10.8 Å². The molecule has 0 saturated carbocycles. The molecule has 34 heavy (non-hydrogen) atoms. The van der Waals surface area contributed by atoms with E-state index >= 15 is 0 Å². The molecule has 3 N–H and O–H groups in total. The summed E-state index contributed by atoms with van der Waals surface area (Å²) in [7, 11) is -3.70. The molecule has 0 aliphatic rings. The number of benzene rings is 3. The van der Waals surface area contributed by atoms with Gasteiger partial charge in [0, 0.05) is 27.3 Å². The first-order valence-corrected chi connectivity index (χ1v) is 13.3. The molecular formula is C25H24ClN3O3S2. The molecule has 0 atom stereocenters. The van der Waals surface area contributed by atoms with Crippen molar-refractivity contribution in [2.24, 2.45) is 0 Å². The van der Waals surface area contributed by atoms with Gasteiger partial charge in [-0.25, -0.2) is 13.4 Å². The maximum atomic E-state index is 12.6. The van der Waals surface area contributed by atoms with Crippen LogP contribution in [0.25, 0.3) is 11.3 Å². The van der Waals surface area contributed by atoms with Crippen molar-refractivity contribution < 1.29 is 13.2 Å². The number of halogens is 1. The molecule has 4 aromatic rings. The lowest BCUT2D eigenvalue weighted by Crippen LogP contribution is -2.12. The van der Waals surface area contributed by atoms with Crippen molar-refractivity contribution >= 4 is 44.3 Å². The second kappa shape index (κ2) is 9.66. The predicted octanol–water partition coefficient (Wildman–Crippen LogP) is 7.07. The number of hydrogen-bond acceptors (Lipinski definition) is 6. The van der Waals surface area contributed by atoms with E-state index < -0.39 is 10.0 Å². The number of nitrogens with one attached hydrogen (secondary N) is 1. The number of nitrogens with zero attached hydrogens (tertiary/aromatic N) is 1. The number of aryl methyl sites for hydroxylation is 1. The van der Waals surface area contributed by atoms with Gasteiger partial charge in [-0.15, -0.1) is 0 Å². The topological polar surface area (TPSA) is 94.3 Å². The van der Waals surface area contributed by atoms with E-state index in [0.717, 1.165) is 28.1 Å². The number of rotatable bonds is 7. The first-order chi connectivity index (χ1) is 16.1. The van der Waals surface area contributed by atoms with Gasteiger partial charge in [-0.2, -0.15) is 0 Å². The number of hydrogen-bond donors (Lipinski definition) is 2. The number of ether oxygens (including phenoxy) is 1. The number of aromatic nitrogens is 1. The van der Waals surface area contributed by atoms with Gasteiger partial charge in [0.25, 0.3) is 15.2 Å². The minimum Gasteiger partial charge on any atom is -0.431 e. The molecule has 0 spiro atoms. The van der Waals surface area contributed by atoms with Crippen molar-refractivity contribution in [2.45, 2.75) is 31.6 Å². The first-order valence-electron chi connectivity index (χ1n) is 10.5. The summed E-state index contributed by atoms with van der Waals surface area (Å²) in [4.78, 5) is 4.74. The number of thiazole rings is 1. The SMILES string of the molecule is Cc1cc(Oc2nc(-c3ccc(NS(=O)(=O)c4ccc(N)cc4)cc3)cs2)c(C(C)C)cc1Cl. The maximum absolute atomic E-state index is 12.6. The predicted molar refractivity (Wildman–Crippen MR) is 140 cm³/mol. The molecule has 0 saturated heterocycles. The molecule has 9 heteroatoms. The van der Waals surface area contributed by atoms with Crippen molar-refractivity contribution in [2.75, 3.05) is 10.5 Å². The Morgan fingerprint density at radius 2 is 1.74 bits per heavy atom. The second-order valence-electron chi connectivity index (χ2n) is 8.15. The molecule has 0 unspecified atom stereocenters. The fourth-order valence-corrected chi connectivity index (χ4v) is 5.23. The minimum absolute atomic E-state index is 0.144. The highest BCUT2D eigenvalue weighted by atomic mass is 35.5. The third kappa shape index (κ3) is 5.35. The molecular weight excluding hydrogens is 490 g/mol. The van der Waals surface area contributed by atoms with Gasteiger partial charge in [0.05, 0.1) is 10.6 Å². The van der Waals surface area contributed by atoms with E-state index in [1.54, 1.807) is 24.3 Å². The largest absolute Gasteiger partial charge is 0.431 e. The summed E-state index contributed by atoms with van der Waals surface area (Å²) in [5, 5.41) is 3.13. The van der Waals surface area contributed by atoms with Crippen molar-refractivity contribution in [3.05, 3.63) is 82.2 Å². The molecule has 0 fully saturated rings. The fraction of sp³-hybridized carbons (Fsp3) is 0.160. The zero-order valence-corrected chi connectivity index (χ0v) is 21.3. The van der Waals surface area contributed by atoms with Crippen LogP contribution in [0.1, 0.15) is 30.9 Å². The first kappa shape index (κ1) is 24.1. The summed E-state index contributed by atoms with van der Waals surface area (Å²) < 4.78 is 33.8. The highest BCUT2D eigenvalue weighted by Gasteiger charge is 2.16. The molecule has 4 rings (SSSR count). The van der Waals surface area contributed by atoms with Crippen LogP contribution in [0, 0.1) is 6.92 Å². The van der Waals surface area contributed by atoms with E-state index in [9.17, 15) is 8.42 Å². The van der Waals surface area contributed by atoms with Gasteiger partial charge in [0.2, 0.25) is 0 Å². The molecule has 0 bridgehead atoms. The molecule has 0 amide bonds. The van der Waals surface area contributed by atoms with Crippen molar-refractivity contribution in [1.82, 2.24) is 4.98 Å². The zero-order chi connectivity index (χ0) is 24.5. The van der Waals surface area contributed by atoms with Gasteiger partial charge < -0.3 is 10.5 Å². The van der Waals surface area contributed by atoms with Crippen LogP contribution in [0.4, 0.5) is 11.4 Å². The van der Waals surface area contributed by atoms with Crippen LogP contribution in [0.15, 0.2) is 70.9 Å². The van der Waals surface area contributed by atoms with Crippen LogP contribution < -0.4 is 15.2 Å². The van der Waals surface area contributed by atoms with Gasteiger partial charge in [0.15, 0.2) is 0 Å².